The minimum absolute atomic E-state index is 0.137. The van der Waals surface area contributed by atoms with Gasteiger partial charge in [0.25, 0.3) is 0 Å². The van der Waals surface area contributed by atoms with Gasteiger partial charge in [-0.05, 0) is 18.9 Å². The molecule has 0 spiro atoms. The van der Waals surface area contributed by atoms with Crippen LogP contribution in [-0.4, -0.2) is 10.1 Å². The quantitative estimate of drug-likeness (QED) is 0.821. The van der Waals surface area contributed by atoms with Crippen molar-refractivity contribution in [1.82, 2.24) is 10.1 Å². The Balaban J connectivity index is 2.03. The Morgan fingerprint density at radius 1 is 1.42 bits per heavy atom. The van der Waals surface area contributed by atoms with Gasteiger partial charge in [0.1, 0.15) is 0 Å². The van der Waals surface area contributed by atoms with Crippen LogP contribution in [0.15, 0.2) is 28.8 Å². The highest BCUT2D eigenvalue weighted by Crippen LogP contribution is 2.19. The fraction of sp³-hybridized carbons (Fsp3) is 0.400. The summed E-state index contributed by atoms with van der Waals surface area (Å²) >= 11 is 0. The first-order valence-electron chi connectivity index (χ1n) is 6.44. The molecule has 0 saturated carbocycles. The van der Waals surface area contributed by atoms with Gasteiger partial charge in [0, 0.05) is 18.8 Å². The lowest BCUT2D eigenvalue weighted by Crippen LogP contribution is -1.95. The third-order valence-electron chi connectivity index (χ3n) is 3.04. The van der Waals surface area contributed by atoms with E-state index in [0.29, 0.717) is 24.6 Å². The minimum Gasteiger partial charge on any atom is -0.339 e. The monoisotopic (exact) mass is 255 g/mol. The molecule has 0 radical (unpaired) electrons. The van der Waals surface area contributed by atoms with Crippen molar-refractivity contribution >= 4 is 0 Å². The summed E-state index contributed by atoms with van der Waals surface area (Å²) in [7, 11) is 0. The first-order chi connectivity index (χ1) is 9.19. The average molecular weight is 255 g/mol. The predicted octanol–water partition coefficient (Wildman–Crippen LogP) is 3.38. The standard InChI is InChI=1S/C15H17N3O/c1-11-5-3-7-13(9-11)10-14-17-15(19-18-14)12(2)6-4-8-16/h3,5,7,9,12H,4,6,10H2,1-2H3. The number of hydrogen-bond acceptors (Lipinski definition) is 4. The normalized spacial score (nSPS) is 12.1. The van der Waals surface area contributed by atoms with Crippen molar-refractivity contribution < 1.29 is 4.52 Å². The van der Waals surface area contributed by atoms with Crippen LogP contribution in [0.4, 0.5) is 0 Å². The summed E-state index contributed by atoms with van der Waals surface area (Å²) in [5.41, 5.74) is 2.40. The summed E-state index contributed by atoms with van der Waals surface area (Å²) in [6.07, 6.45) is 1.94. The Kier molecular flexibility index (Phi) is 4.30. The smallest absolute Gasteiger partial charge is 0.229 e. The number of aryl methyl sites for hydroxylation is 1. The Hall–Kier alpha value is -2.15. The molecule has 98 valence electrons. The lowest BCUT2D eigenvalue weighted by atomic mass is 10.1. The molecule has 1 aromatic heterocycles. The highest BCUT2D eigenvalue weighted by molar-refractivity contribution is 5.24. The third kappa shape index (κ3) is 3.65. The average Bonchev–Trinajstić information content (AvgIpc) is 2.84. The van der Waals surface area contributed by atoms with Crippen LogP contribution >= 0.6 is 0 Å². The highest BCUT2D eigenvalue weighted by atomic mass is 16.5. The van der Waals surface area contributed by atoms with Crippen molar-refractivity contribution in [1.29, 1.82) is 5.26 Å². The summed E-state index contributed by atoms with van der Waals surface area (Å²) < 4.78 is 5.26. The van der Waals surface area contributed by atoms with Crippen LogP contribution in [0.3, 0.4) is 0 Å². The summed E-state index contributed by atoms with van der Waals surface area (Å²) in [5, 5.41) is 12.6. The second kappa shape index (κ2) is 6.14. The van der Waals surface area contributed by atoms with Crippen LogP contribution in [0, 0.1) is 18.3 Å². The van der Waals surface area contributed by atoms with E-state index in [9.17, 15) is 0 Å². The summed E-state index contributed by atoms with van der Waals surface area (Å²) in [4.78, 5) is 4.40. The van der Waals surface area contributed by atoms with E-state index in [2.05, 4.69) is 41.3 Å². The Morgan fingerprint density at radius 2 is 2.26 bits per heavy atom. The Morgan fingerprint density at radius 3 is 3.00 bits per heavy atom. The zero-order valence-electron chi connectivity index (χ0n) is 11.3. The van der Waals surface area contributed by atoms with Crippen LogP contribution in [0.1, 0.15) is 48.5 Å². The molecule has 0 saturated heterocycles. The lowest BCUT2D eigenvalue weighted by Gasteiger charge is -2.01. The second-order valence-corrected chi connectivity index (χ2v) is 4.81. The number of nitrogens with zero attached hydrogens (tertiary/aromatic N) is 3. The van der Waals surface area contributed by atoms with Crippen LogP contribution in [0.5, 0.6) is 0 Å². The molecule has 0 aliphatic heterocycles. The Bertz CT molecular complexity index is 583. The van der Waals surface area contributed by atoms with Crippen LogP contribution < -0.4 is 0 Å². The third-order valence-corrected chi connectivity index (χ3v) is 3.04. The molecule has 0 aliphatic carbocycles. The van der Waals surface area contributed by atoms with Gasteiger partial charge in [-0.2, -0.15) is 10.2 Å². The molecular weight excluding hydrogens is 238 g/mol. The van der Waals surface area contributed by atoms with Gasteiger partial charge in [0.05, 0.1) is 6.07 Å². The number of benzene rings is 1. The zero-order chi connectivity index (χ0) is 13.7. The van der Waals surface area contributed by atoms with Crippen molar-refractivity contribution in [3.8, 4) is 6.07 Å². The summed E-state index contributed by atoms with van der Waals surface area (Å²) in [6, 6.07) is 10.4. The van der Waals surface area contributed by atoms with Gasteiger partial charge in [-0.15, -0.1) is 0 Å². The van der Waals surface area contributed by atoms with Gasteiger partial charge >= 0.3 is 0 Å². The van der Waals surface area contributed by atoms with Crippen molar-refractivity contribution in [2.45, 2.75) is 39.0 Å². The molecular formula is C15H17N3O. The fourth-order valence-electron chi connectivity index (χ4n) is 1.95. The molecule has 2 rings (SSSR count). The van der Waals surface area contributed by atoms with E-state index in [1.807, 2.05) is 13.0 Å². The molecule has 4 nitrogen and oxygen atoms in total. The molecule has 4 heteroatoms. The predicted molar refractivity (Wildman–Crippen MR) is 71.5 cm³/mol. The van der Waals surface area contributed by atoms with Crippen LogP contribution in [0.2, 0.25) is 0 Å². The number of rotatable bonds is 5. The topological polar surface area (TPSA) is 62.7 Å². The van der Waals surface area contributed by atoms with Crippen molar-refractivity contribution in [3.63, 3.8) is 0 Å². The maximum Gasteiger partial charge on any atom is 0.229 e. The second-order valence-electron chi connectivity index (χ2n) is 4.81. The van der Waals surface area contributed by atoms with Gasteiger partial charge in [-0.1, -0.05) is 41.9 Å². The van der Waals surface area contributed by atoms with E-state index in [4.69, 9.17) is 9.78 Å². The molecule has 2 aromatic rings. The van der Waals surface area contributed by atoms with Gasteiger partial charge in [0.15, 0.2) is 5.82 Å². The largest absolute Gasteiger partial charge is 0.339 e. The van der Waals surface area contributed by atoms with Gasteiger partial charge < -0.3 is 4.52 Å². The molecule has 0 bridgehead atoms. The molecule has 1 heterocycles. The minimum atomic E-state index is 0.137. The van der Waals surface area contributed by atoms with Crippen molar-refractivity contribution in [2.24, 2.45) is 0 Å². The molecule has 0 fully saturated rings. The number of nitriles is 1. The first-order valence-corrected chi connectivity index (χ1v) is 6.44. The molecule has 19 heavy (non-hydrogen) atoms. The fourth-order valence-corrected chi connectivity index (χ4v) is 1.95. The van der Waals surface area contributed by atoms with E-state index in [1.165, 1.54) is 11.1 Å². The maximum atomic E-state index is 8.57. The lowest BCUT2D eigenvalue weighted by molar-refractivity contribution is 0.351. The summed E-state index contributed by atoms with van der Waals surface area (Å²) in [6.45, 7) is 4.07. The summed E-state index contributed by atoms with van der Waals surface area (Å²) in [5.74, 6) is 1.46. The number of aromatic nitrogens is 2. The highest BCUT2D eigenvalue weighted by Gasteiger charge is 2.14. The van der Waals surface area contributed by atoms with Crippen molar-refractivity contribution in [2.75, 3.05) is 0 Å². The van der Waals surface area contributed by atoms with Crippen molar-refractivity contribution in [3.05, 3.63) is 47.1 Å². The first kappa shape index (κ1) is 13.3. The zero-order valence-corrected chi connectivity index (χ0v) is 11.3. The maximum absolute atomic E-state index is 8.57. The van der Waals surface area contributed by atoms with Crippen LogP contribution in [-0.2, 0) is 6.42 Å². The number of hydrogen-bond donors (Lipinski definition) is 0. The molecule has 1 aromatic carbocycles. The van der Waals surface area contributed by atoms with E-state index in [1.54, 1.807) is 0 Å². The molecule has 0 N–H and O–H groups in total. The SMILES string of the molecule is Cc1cccc(Cc2noc(C(C)CCC#N)n2)c1. The van der Waals surface area contributed by atoms with Gasteiger partial charge in [-0.25, -0.2) is 0 Å². The van der Waals surface area contributed by atoms with E-state index >= 15 is 0 Å². The molecule has 0 aliphatic rings. The van der Waals surface area contributed by atoms with Gasteiger partial charge in [-0.3, -0.25) is 0 Å². The van der Waals surface area contributed by atoms with E-state index in [0.717, 1.165) is 6.42 Å². The van der Waals surface area contributed by atoms with Crippen LogP contribution in [0.25, 0.3) is 0 Å². The van der Waals surface area contributed by atoms with Gasteiger partial charge in [0.2, 0.25) is 5.89 Å². The van der Waals surface area contributed by atoms with E-state index in [-0.39, 0.29) is 5.92 Å². The Labute approximate surface area is 113 Å². The molecule has 0 amide bonds. The van der Waals surface area contributed by atoms with E-state index < -0.39 is 0 Å². The molecule has 1 atom stereocenters. The molecule has 1 unspecified atom stereocenters.